The molecule has 0 amide bonds. The highest BCUT2D eigenvalue weighted by molar-refractivity contribution is 5.24. The van der Waals surface area contributed by atoms with Crippen molar-refractivity contribution >= 4 is 0 Å². The Balaban J connectivity index is 0.000000217. The summed E-state index contributed by atoms with van der Waals surface area (Å²) in [6.07, 6.45) is 22.3. The van der Waals surface area contributed by atoms with Crippen molar-refractivity contribution in [3.63, 3.8) is 0 Å². The molecule has 0 saturated heterocycles. The molecule has 0 heteroatoms. The molecule has 0 spiro atoms. The van der Waals surface area contributed by atoms with Crippen molar-refractivity contribution in [2.24, 2.45) is 65.1 Å². The summed E-state index contributed by atoms with van der Waals surface area (Å²) < 4.78 is 0. The van der Waals surface area contributed by atoms with Gasteiger partial charge in [-0.2, -0.15) is 0 Å². The highest BCUT2D eigenvalue weighted by Crippen LogP contribution is 2.76. The number of rotatable bonds is 1. The molecule has 0 aromatic rings. The third-order valence-corrected chi connectivity index (χ3v) is 9.07. The summed E-state index contributed by atoms with van der Waals surface area (Å²) in [6, 6.07) is 0. The molecule has 0 radical (unpaired) electrons. The van der Waals surface area contributed by atoms with Crippen LogP contribution >= 0.6 is 0 Å². The van der Waals surface area contributed by atoms with Gasteiger partial charge in [-0.1, -0.05) is 59.6 Å². The number of hydrogen-bond acceptors (Lipinski definition) is 0. The predicted molar refractivity (Wildman–Crippen MR) is 113 cm³/mol. The summed E-state index contributed by atoms with van der Waals surface area (Å²) in [5.41, 5.74) is 0. The molecule has 6 rings (SSSR count). The lowest BCUT2D eigenvalue weighted by Gasteiger charge is -2.45. The van der Waals surface area contributed by atoms with Gasteiger partial charge >= 0.3 is 0 Å². The Hall–Kier alpha value is -0.700. The van der Waals surface area contributed by atoms with Crippen LogP contribution in [0, 0.1) is 77.9 Å². The van der Waals surface area contributed by atoms with Gasteiger partial charge in [-0.05, 0) is 90.8 Å². The quantitative estimate of drug-likeness (QED) is 0.268. The molecule has 26 heavy (non-hydrogen) atoms. The molecule has 0 aromatic carbocycles. The first kappa shape index (κ1) is 20.0. The second-order valence-corrected chi connectivity index (χ2v) is 9.69. The van der Waals surface area contributed by atoms with Gasteiger partial charge in [0, 0.05) is 0 Å². The monoisotopic (exact) mass is 354 g/mol. The molecule has 5 saturated carbocycles. The lowest BCUT2D eigenvalue weighted by molar-refractivity contribution is 0.0330. The van der Waals surface area contributed by atoms with E-state index < -0.39 is 0 Å². The molecular weight excluding hydrogens is 312 g/mol. The molecule has 6 aliphatic carbocycles. The molecule has 0 aromatic heterocycles. The minimum atomic E-state index is 1.02. The van der Waals surface area contributed by atoms with Crippen molar-refractivity contribution in [2.75, 3.05) is 0 Å². The van der Waals surface area contributed by atoms with E-state index in [-0.39, 0.29) is 0 Å². The molecule has 0 heterocycles. The molecule has 6 bridgehead atoms. The van der Waals surface area contributed by atoms with Crippen LogP contribution in [-0.4, -0.2) is 0 Å². The van der Waals surface area contributed by atoms with E-state index in [1.165, 1.54) is 36.5 Å². The first-order chi connectivity index (χ1) is 12.7. The third-order valence-electron chi connectivity index (χ3n) is 9.07. The zero-order valence-corrected chi connectivity index (χ0v) is 17.9. The molecular formula is C26H42. The third kappa shape index (κ3) is 2.72. The van der Waals surface area contributed by atoms with Gasteiger partial charge in [-0.25, -0.2) is 0 Å². The second kappa shape index (κ2) is 8.12. The van der Waals surface area contributed by atoms with Crippen LogP contribution in [0.2, 0.25) is 0 Å². The van der Waals surface area contributed by atoms with E-state index in [4.69, 9.17) is 0 Å². The molecule has 5 fully saturated rings. The Bertz CT molecular complexity index is 511. The number of fused-ring (bicyclic) bond motifs is 16. The summed E-state index contributed by atoms with van der Waals surface area (Å²) >= 11 is 0. The highest BCUT2D eigenvalue weighted by Gasteiger charge is 2.70. The van der Waals surface area contributed by atoms with Crippen LogP contribution in [0.4, 0.5) is 0 Å². The summed E-state index contributed by atoms with van der Waals surface area (Å²) in [4.78, 5) is 0. The molecule has 0 nitrogen and oxygen atoms in total. The minimum Gasteiger partial charge on any atom is -0.124 e. The van der Waals surface area contributed by atoms with Gasteiger partial charge < -0.3 is 0 Å². The topological polar surface area (TPSA) is 0 Å². The zero-order valence-electron chi connectivity index (χ0n) is 17.9. The standard InChI is InChI=1S/C18H24.C4H10.C2H6.C2H2/c1-8-4-11-6-12(8)18-14-7-13(17(11)18)15-9-2-3-10(5-9)16(14)15;1-3-4-2;2*1-2/h2-3,8-18H,4-7H2,1H3;3-4H2,1-2H3;1-2H3;1-2H. The SMILES string of the molecule is C#C.CC.CC1CC2CC1C1C3CC(C4C5C=CC(C5)C34)C21.CCCC. The van der Waals surface area contributed by atoms with Crippen LogP contribution in [0.25, 0.3) is 0 Å². The predicted octanol–water partition coefficient (Wildman–Crippen LogP) is 7.06. The largest absolute Gasteiger partial charge is 0.124 e. The number of allylic oxidation sites excluding steroid dienone is 2. The second-order valence-electron chi connectivity index (χ2n) is 9.69. The van der Waals surface area contributed by atoms with E-state index in [0.29, 0.717) is 0 Å². The van der Waals surface area contributed by atoms with Crippen LogP contribution in [-0.2, 0) is 0 Å². The van der Waals surface area contributed by atoms with Gasteiger partial charge in [0.05, 0.1) is 0 Å². The van der Waals surface area contributed by atoms with Gasteiger partial charge in [0.25, 0.3) is 0 Å². The van der Waals surface area contributed by atoms with Gasteiger partial charge in [0.1, 0.15) is 0 Å². The van der Waals surface area contributed by atoms with Crippen molar-refractivity contribution in [2.45, 2.75) is 73.1 Å². The number of terminal acetylenes is 1. The summed E-state index contributed by atoms with van der Waals surface area (Å²) in [7, 11) is 0. The Kier molecular flexibility index (Phi) is 6.26. The fourth-order valence-electron chi connectivity index (χ4n) is 8.58. The first-order valence-electron chi connectivity index (χ1n) is 11.8. The Morgan fingerprint density at radius 3 is 1.77 bits per heavy atom. The maximum absolute atomic E-state index is 4.00. The van der Waals surface area contributed by atoms with E-state index in [1.54, 1.807) is 25.7 Å². The van der Waals surface area contributed by atoms with E-state index in [0.717, 1.165) is 41.4 Å². The van der Waals surface area contributed by atoms with Gasteiger partial charge in [-0.15, -0.1) is 12.8 Å². The average molecular weight is 355 g/mol. The van der Waals surface area contributed by atoms with E-state index in [1.807, 2.05) is 13.8 Å². The molecule has 11 unspecified atom stereocenters. The fraction of sp³-hybridized carbons (Fsp3) is 0.846. The van der Waals surface area contributed by atoms with Crippen LogP contribution < -0.4 is 0 Å². The van der Waals surface area contributed by atoms with Crippen LogP contribution in [0.1, 0.15) is 73.1 Å². The Morgan fingerprint density at radius 1 is 0.692 bits per heavy atom. The average Bonchev–Trinajstić information content (AvgIpc) is 3.50. The van der Waals surface area contributed by atoms with Gasteiger partial charge in [-0.3, -0.25) is 0 Å². The van der Waals surface area contributed by atoms with E-state index in [2.05, 4.69) is 45.8 Å². The Morgan fingerprint density at radius 2 is 1.23 bits per heavy atom. The molecule has 146 valence electrons. The number of unbranched alkanes of at least 4 members (excludes halogenated alkanes) is 1. The maximum Gasteiger partial charge on any atom is -0.0194 e. The lowest BCUT2D eigenvalue weighted by atomic mass is 9.59. The molecule has 0 aliphatic heterocycles. The van der Waals surface area contributed by atoms with Crippen molar-refractivity contribution in [1.82, 2.24) is 0 Å². The van der Waals surface area contributed by atoms with Crippen molar-refractivity contribution in [3.05, 3.63) is 12.2 Å². The van der Waals surface area contributed by atoms with E-state index in [9.17, 15) is 0 Å². The Labute approximate surface area is 163 Å². The summed E-state index contributed by atoms with van der Waals surface area (Å²) in [5, 5.41) is 0. The van der Waals surface area contributed by atoms with Crippen LogP contribution in [0.3, 0.4) is 0 Å². The fourth-order valence-corrected chi connectivity index (χ4v) is 8.58. The summed E-state index contributed by atoms with van der Waals surface area (Å²) in [6.45, 7) is 10.9. The van der Waals surface area contributed by atoms with Gasteiger partial charge in [0.15, 0.2) is 0 Å². The van der Waals surface area contributed by atoms with Crippen LogP contribution in [0.15, 0.2) is 12.2 Å². The molecule has 11 atom stereocenters. The van der Waals surface area contributed by atoms with E-state index >= 15 is 0 Å². The zero-order chi connectivity index (χ0) is 19.0. The lowest BCUT2D eigenvalue weighted by Crippen LogP contribution is -2.41. The normalized spacial score (nSPS) is 52.2. The minimum absolute atomic E-state index is 1.02. The smallest absolute Gasteiger partial charge is 0.0194 e. The first-order valence-corrected chi connectivity index (χ1v) is 11.8. The van der Waals surface area contributed by atoms with Crippen molar-refractivity contribution in [1.29, 1.82) is 0 Å². The van der Waals surface area contributed by atoms with Crippen LogP contribution in [0.5, 0.6) is 0 Å². The van der Waals surface area contributed by atoms with Crippen molar-refractivity contribution in [3.8, 4) is 12.8 Å². The molecule has 0 N–H and O–H groups in total. The highest BCUT2D eigenvalue weighted by atomic mass is 14.7. The maximum atomic E-state index is 4.00. The van der Waals surface area contributed by atoms with Gasteiger partial charge in [0.2, 0.25) is 0 Å². The van der Waals surface area contributed by atoms with Crippen molar-refractivity contribution < 1.29 is 0 Å². The molecule has 6 aliphatic rings. The number of hydrogen-bond donors (Lipinski definition) is 0. The summed E-state index contributed by atoms with van der Waals surface area (Å²) in [5.74, 6) is 12.5.